The lowest BCUT2D eigenvalue weighted by molar-refractivity contribution is -0.116. The van der Waals surface area contributed by atoms with Crippen molar-refractivity contribution in [1.82, 2.24) is 14.1 Å². The summed E-state index contributed by atoms with van der Waals surface area (Å²) in [4.78, 5) is 56.9. The number of carbonyl (C=O) groups excluding carboxylic acids is 2. The van der Waals surface area contributed by atoms with Crippen molar-refractivity contribution in [2.24, 2.45) is 0 Å². The van der Waals surface area contributed by atoms with E-state index < -0.39 is 29.7 Å². The molecule has 0 saturated carbocycles. The maximum absolute atomic E-state index is 13.7. The van der Waals surface area contributed by atoms with Crippen LogP contribution in [-0.4, -0.2) is 40.2 Å². The van der Waals surface area contributed by atoms with E-state index in [4.69, 9.17) is 9.47 Å². The van der Waals surface area contributed by atoms with Gasteiger partial charge in [0.25, 0.3) is 5.56 Å². The molecule has 10 heteroatoms. The van der Waals surface area contributed by atoms with Crippen molar-refractivity contribution in [2.45, 2.75) is 13.5 Å². The molecule has 0 radical (unpaired) electrons. The maximum Gasteiger partial charge on any atom is 0.338 e. The highest BCUT2D eigenvalue weighted by Crippen LogP contribution is 2.24. The van der Waals surface area contributed by atoms with Gasteiger partial charge in [-0.1, -0.05) is 30.3 Å². The number of carbonyl (C=O) groups is 2. The Kier molecular flexibility index (Phi) is 6.45. The molecule has 0 aliphatic carbocycles. The van der Waals surface area contributed by atoms with Gasteiger partial charge in [0, 0.05) is 11.4 Å². The molecule has 0 spiro atoms. The van der Waals surface area contributed by atoms with Crippen LogP contribution in [0.15, 0.2) is 70.3 Å². The first-order chi connectivity index (χ1) is 16.8. The van der Waals surface area contributed by atoms with Gasteiger partial charge in [-0.05, 0) is 37.3 Å². The zero-order valence-corrected chi connectivity index (χ0v) is 19.3. The second kappa shape index (κ2) is 9.64. The van der Waals surface area contributed by atoms with Crippen LogP contribution in [0.5, 0.6) is 5.75 Å². The van der Waals surface area contributed by atoms with Crippen LogP contribution in [-0.2, 0) is 16.1 Å². The maximum atomic E-state index is 13.7. The third kappa shape index (κ3) is 4.41. The van der Waals surface area contributed by atoms with E-state index in [-0.39, 0.29) is 22.3 Å². The number of para-hydroxylation sites is 3. The highest BCUT2D eigenvalue weighted by molar-refractivity contribution is 6.02. The van der Waals surface area contributed by atoms with Gasteiger partial charge in [0.2, 0.25) is 5.91 Å². The normalized spacial score (nSPS) is 10.7. The molecule has 2 heterocycles. The zero-order valence-electron chi connectivity index (χ0n) is 19.3. The van der Waals surface area contributed by atoms with E-state index in [9.17, 15) is 19.2 Å². The molecule has 2 aromatic heterocycles. The van der Waals surface area contributed by atoms with Crippen molar-refractivity contribution < 1.29 is 19.1 Å². The summed E-state index contributed by atoms with van der Waals surface area (Å²) in [5, 5.41) is 2.50. The molecule has 10 nitrogen and oxygen atoms in total. The van der Waals surface area contributed by atoms with E-state index in [0.29, 0.717) is 17.1 Å². The number of aryl methyl sites for hydroxylation is 1. The number of pyridine rings is 1. The summed E-state index contributed by atoms with van der Waals surface area (Å²) in [6.45, 7) is 1.04. The Labute approximate surface area is 199 Å². The number of methoxy groups -OCH3 is 2. The molecule has 0 saturated heterocycles. The fraction of sp³-hybridized carbons (Fsp3) is 0.160. The molecule has 35 heavy (non-hydrogen) atoms. The Morgan fingerprint density at radius 3 is 2.37 bits per heavy atom. The average molecular weight is 474 g/mol. The number of ether oxygens (including phenoxy) is 2. The minimum absolute atomic E-state index is 0.0513. The summed E-state index contributed by atoms with van der Waals surface area (Å²) in [6, 6.07) is 16.7. The molecule has 1 amide bonds. The molecule has 0 bridgehead atoms. The van der Waals surface area contributed by atoms with Crippen LogP contribution in [0.3, 0.4) is 0 Å². The van der Waals surface area contributed by atoms with Gasteiger partial charge in [-0.2, -0.15) is 0 Å². The SMILES string of the molecule is COC(=O)c1cc(C)nc2c1c(=O)n(CC(=O)Nc1ccccc1)c(=O)n2-c1ccccc1OC. The first kappa shape index (κ1) is 23.4. The highest BCUT2D eigenvalue weighted by Gasteiger charge is 2.24. The van der Waals surface area contributed by atoms with Crippen LogP contribution in [0.4, 0.5) is 5.69 Å². The molecule has 0 atom stereocenters. The second-order valence-electron chi connectivity index (χ2n) is 7.60. The van der Waals surface area contributed by atoms with E-state index in [1.807, 2.05) is 0 Å². The number of hydrogen-bond acceptors (Lipinski definition) is 7. The molecule has 4 aromatic rings. The Morgan fingerprint density at radius 1 is 1.00 bits per heavy atom. The summed E-state index contributed by atoms with van der Waals surface area (Å²) < 4.78 is 12.2. The lowest BCUT2D eigenvalue weighted by Crippen LogP contribution is -2.43. The molecule has 178 valence electrons. The molecule has 2 aromatic carbocycles. The van der Waals surface area contributed by atoms with Crippen LogP contribution >= 0.6 is 0 Å². The monoisotopic (exact) mass is 474 g/mol. The summed E-state index contributed by atoms with van der Waals surface area (Å²) in [7, 11) is 2.62. The minimum atomic E-state index is -0.841. The molecule has 4 rings (SSSR count). The zero-order chi connectivity index (χ0) is 25.1. The Morgan fingerprint density at radius 2 is 1.69 bits per heavy atom. The lowest BCUT2D eigenvalue weighted by Gasteiger charge is -2.17. The summed E-state index contributed by atoms with van der Waals surface area (Å²) in [6.07, 6.45) is 0. The van der Waals surface area contributed by atoms with Crippen molar-refractivity contribution in [3.8, 4) is 11.4 Å². The van der Waals surface area contributed by atoms with E-state index >= 15 is 0 Å². The standard InChI is InChI=1S/C25H22N4O6/c1-15-13-17(24(32)35-3)21-22(26-15)29(18-11-7-8-12-19(18)34-2)25(33)28(23(21)31)14-20(30)27-16-9-5-4-6-10-16/h4-13H,14H2,1-3H3,(H,27,30). The fourth-order valence-corrected chi connectivity index (χ4v) is 3.77. The van der Waals surface area contributed by atoms with E-state index in [1.54, 1.807) is 61.5 Å². The Bertz CT molecular complexity index is 1560. The van der Waals surface area contributed by atoms with Crippen molar-refractivity contribution in [3.63, 3.8) is 0 Å². The van der Waals surface area contributed by atoms with Gasteiger partial charge in [-0.15, -0.1) is 0 Å². The number of hydrogen-bond donors (Lipinski definition) is 1. The van der Waals surface area contributed by atoms with Crippen LogP contribution in [0.25, 0.3) is 16.7 Å². The van der Waals surface area contributed by atoms with Crippen molar-refractivity contribution in [1.29, 1.82) is 0 Å². The first-order valence-electron chi connectivity index (χ1n) is 10.6. The van der Waals surface area contributed by atoms with Gasteiger partial charge in [-0.3, -0.25) is 9.59 Å². The molecular weight excluding hydrogens is 452 g/mol. The number of nitrogens with zero attached hydrogens (tertiary/aromatic N) is 3. The van der Waals surface area contributed by atoms with Gasteiger partial charge in [-0.25, -0.2) is 23.7 Å². The molecule has 1 N–H and O–H groups in total. The third-order valence-electron chi connectivity index (χ3n) is 5.31. The number of nitrogens with one attached hydrogen (secondary N) is 1. The summed E-state index contributed by atoms with van der Waals surface area (Å²) >= 11 is 0. The second-order valence-corrected chi connectivity index (χ2v) is 7.60. The van der Waals surface area contributed by atoms with Gasteiger partial charge in [0.1, 0.15) is 12.3 Å². The number of fused-ring (bicyclic) bond motifs is 1. The van der Waals surface area contributed by atoms with E-state index in [2.05, 4.69) is 10.3 Å². The van der Waals surface area contributed by atoms with Crippen molar-refractivity contribution in [3.05, 3.63) is 92.8 Å². The number of benzene rings is 2. The average Bonchev–Trinajstić information content (AvgIpc) is 2.86. The number of anilines is 1. The first-order valence-corrected chi connectivity index (χ1v) is 10.6. The van der Waals surface area contributed by atoms with E-state index in [1.165, 1.54) is 20.3 Å². The fourth-order valence-electron chi connectivity index (χ4n) is 3.77. The smallest absolute Gasteiger partial charge is 0.338 e. The minimum Gasteiger partial charge on any atom is -0.495 e. The summed E-state index contributed by atoms with van der Waals surface area (Å²) in [5.41, 5.74) is -0.596. The number of esters is 1. The third-order valence-corrected chi connectivity index (χ3v) is 5.31. The lowest BCUT2D eigenvalue weighted by atomic mass is 10.1. The quantitative estimate of drug-likeness (QED) is 0.426. The number of aromatic nitrogens is 3. The predicted octanol–water partition coefficient (Wildman–Crippen LogP) is 2.29. The largest absolute Gasteiger partial charge is 0.495 e. The predicted molar refractivity (Wildman–Crippen MR) is 129 cm³/mol. The van der Waals surface area contributed by atoms with Crippen molar-refractivity contribution in [2.75, 3.05) is 19.5 Å². The molecule has 0 unspecified atom stereocenters. The topological polar surface area (TPSA) is 122 Å². The van der Waals surface area contributed by atoms with Gasteiger partial charge < -0.3 is 14.8 Å². The highest BCUT2D eigenvalue weighted by atomic mass is 16.5. The van der Waals surface area contributed by atoms with Crippen LogP contribution < -0.4 is 21.3 Å². The summed E-state index contributed by atoms with van der Waals surface area (Å²) in [5.74, 6) is -1.04. The molecular formula is C25H22N4O6. The van der Waals surface area contributed by atoms with Crippen LogP contribution in [0, 0.1) is 6.92 Å². The van der Waals surface area contributed by atoms with E-state index in [0.717, 1.165) is 9.13 Å². The van der Waals surface area contributed by atoms with Gasteiger partial charge in [0.15, 0.2) is 5.65 Å². The van der Waals surface area contributed by atoms with Crippen molar-refractivity contribution >= 4 is 28.6 Å². The molecule has 0 aliphatic heterocycles. The Hall–Kier alpha value is -4.73. The van der Waals surface area contributed by atoms with Crippen LogP contribution in [0.2, 0.25) is 0 Å². The number of amides is 1. The number of rotatable bonds is 6. The van der Waals surface area contributed by atoms with Gasteiger partial charge >= 0.3 is 11.7 Å². The molecule has 0 aliphatic rings. The molecule has 0 fully saturated rings. The Balaban J connectivity index is 2.03. The van der Waals surface area contributed by atoms with Gasteiger partial charge in [0.05, 0.1) is 30.9 Å². The van der Waals surface area contributed by atoms with Crippen LogP contribution in [0.1, 0.15) is 16.1 Å².